The van der Waals surface area contributed by atoms with Crippen molar-refractivity contribution in [3.63, 3.8) is 0 Å². The number of hydrogen-bond acceptors (Lipinski definition) is 4. The van der Waals surface area contributed by atoms with E-state index in [-0.39, 0.29) is 11.4 Å². The van der Waals surface area contributed by atoms with Crippen LogP contribution in [0.5, 0.6) is 0 Å². The van der Waals surface area contributed by atoms with Crippen LogP contribution in [-0.4, -0.2) is 16.0 Å². The van der Waals surface area contributed by atoms with Crippen molar-refractivity contribution in [1.29, 1.82) is 0 Å². The van der Waals surface area contributed by atoms with E-state index in [2.05, 4.69) is 5.32 Å². The number of nitro benzene ring substituents is 1. The summed E-state index contributed by atoms with van der Waals surface area (Å²) in [4.78, 5) is 21.3. The number of carboxylic acids is 1. The van der Waals surface area contributed by atoms with Crippen LogP contribution in [0.3, 0.4) is 0 Å². The van der Waals surface area contributed by atoms with Gasteiger partial charge in [-0.2, -0.15) is 0 Å². The van der Waals surface area contributed by atoms with Gasteiger partial charge in [0.2, 0.25) is 0 Å². The molecule has 0 aliphatic heterocycles. The SMILES string of the molecule is Cc1ccc(F)c(Nc2cccc(C(=O)O)c2[N+](=O)[O-])c1. The Kier molecular flexibility index (Phi) is 3.84. The van der Waals surface area contributed by atoms with E-state index >= 15 is 0 Å². The number of aromatic carboxylic acids is 1. The summed E-state index contributed by atoms with van der Waals surface area (Å²) in [7, 11) is 0. The Morgan fingerprint density at radius 2 is 2.00 bits per heavy atom. The molecular weight excluding hydrogens is 279 g/mol. The third-order valence-corrected chi connectivity index (χ3v) is 2.84. The molecule has 0 amide bonds. The molecule has 0 spiro atoms. The van der Waals surface area contributed by atoms with Gasteiger partial charge in [-0.1, -0.05) is 12.1 Å². The van der Waals surface area contributed by atoms with Gasteiger partial charge in [0, 0.05) is 0 Å². The molecule has 0 aliphatic rings. The fraction of sp³-hybridized carbons (Fsp3) is 0.0714. The first-order chi connectivity index (χ1) is 9.90. The van der Waals surface area contributed by atoms with Gasteiger partial charge in [0.05, 0.1) is 10.6 Å². The van der Waals surface area contributed by atoms with Gasteiger partial charge in [-0.25, -0.2) is 9.18 Å². The number of nitrogens with one attached hydrogen (secondary N) is 1. The van der Waals surface area contributed by atoms with E-state index in [1.165, 1.54) is 24.3 Å². The maximum absolute atomic E-state index is 13.7. The highest BCUT2D eigenvalue weighted by Crippen LogP contribution is 2.32. The van der Waals surface area contributed by atoms with Crippen molar-refractivity contribution in [2.45, 2.75) is 6.92 Å². The smallest absolute Gasteiger partial charge is 0.342 e. The van der Waals surface area contributed by atoms with Gasteiger partial charge in [0.15, 0.2) is 0 Å². The number of hydrogen-bond donors (Lipinski definition) is 2. The molecule has 108 valence electrons. The highest BCUT2D eigenvalue weighted by atomic mass is 19.1. The van der Waals surface area contributed by atoms with Gasteiger partial charge in [-0.15, -0.1) is 0 Å². The number of para-hydroxylation sites is 1. The van der Waals surface area contributed by atoms with Gasteiger partial charge in [0.25, 0.3) is 0 Å². The van der Waals surface area contributed by atoms with E-state index in [0.717, 1.165) is 11.6 Å². The van der Waals surface area contributed by atoms with Crippen molar-refractivity contribution in [3.05, 3.63) is 63.5 Å². The number of halogens is 1. The molecule has 0 aliphatic carbocycles. The maximum atomic E-state index is 13.7. The van der Waals surface area contributed by atoms with Crippen LogP contribution in [0, 0.1) is 22.9 Å². The minimum Gasteiger partial charge on any atom is -0.477 e. The summed E-state index contributed by atoms with van der Waals surface area (Å²) in [5.41, 5.74) is -0.343. The average Bonchev–Trinajstić information content (AvgIpc) is 2.42. The molecule has 0 unspecified atom stereocenters. The molecule has 7 heteroatoms. The van der Waals surface area contributed by atoms with Gasteiger partial charge in [-0.3, -0.25) is 10.1 Å². The second kappa shape index (κ2) is 5.58. The van der Waals surface area contributed by atoms with E-state index in [9.17, 15) is 19.3 Å². The monoisotopic (exact) mass is 290 g/mol. The number of carboxylic acid groups (broad SMARTS) is 1. The number of nitro groups is 1. The standard InChI is InChI=1S/C14H11FN2O4/c1-8-5-6-10(15)12(7-8)16-11-4-2-3-9(14(18)19)13(11)17(20)21/h2-7,16H,1H3,(H,18,19). The topological polar surface area (TPSA) is 92.5 Å². The molecular formula is C14H11FN2O4. The van der Waals surface area contributed by atoms with E-state index in [1.807, 2.05) is 0 Å². The predicted octanol–water partition coefficient (Wildman–Crippen LogP) is 3.48. The summed E-state index contributed by atoms with van der Waals surface area (Å²) in [6.07, 6.45) is 0. The number of anilines is 2. The zero-order valence-corrected chi connectivity index (χ0v) is 11.0. The van der Waals surface area contributed by atoms with Crippen molar-refractivity contribution >= 4 is 23.0 Å². The van der Waals surface area contributed by atoms with Crippen LogP contribution in [0.2, 0.25) is 0 Å². The first-order valence-electron chi connectivity index (χ1n) is 5.94. The number of nitrogens with zero attached hydrogens (tertiary/aromatic N) is 1. The zero-order chi connectivity index (χ0) is 15.6. The minimum absolute atomic E-state index is 0.0423. The molecule has 0 fully saturated rings. The second-order valence-corrected chi connectivity index (χ2v) is 4.37. The lowest BCUT2D eigenvalue weighted by Gasteiger charge is -2.10. The molecule has 0 heterocycles. The Morgan fingerprint density at radius 1 is 1.29 bits per heavy atom. The maximum Gasteiger partial charge on any atom is 0.342 e. The molecule has 0 radical (unpaired) electrons. The molecule has 0 saturated carbocycles. The highest BCUT2D eigenvalue weighted by molar-refractivity contribution is 5.96. The van der Waals surface area contributed by atoms with Crippen molar-refractivity contribution in [2.75, 3.05) is 5.32 Å². The molecule has 2 N–H and O–H groups in total. The normalized spacial score (nSPS) is 10.2. The lowest BCUT2D eigenvalue weighted by Crippen LogP contribution is -2.06. The Balaban J connectivity index is 2.54. The molecule has 0 saturated heterocycles. The molecule has 21 heavy (non-hydrogen) atoms. The van der Waals surface area contributed by atoms with E-state index < -0.39 is 28.0 Å². The first kappa shape index (κ1) is 14.4. The number of carbonyl (C=O) groups is 1. The summed E-state index contributed by atoms with van der Waals surface area (Å²) in [5, 5.41) is 22.7. The third-order valence-electron chi connectivity index (χ3n) is 2.84. The number of aryl methyl sites for hydroxylation is 1. The lowest BCUT2D eigenvalue weighted by molar-refractivity contribution is -0.384. The highest BCUT2D eigenvalue weighted by Gasteiger charge is 2.24. The third kappa shape index (κ3) is 2.97. The van der Waals surface area contributed by atoms with Crippen LogP contribution in [0.25, 0.3) is 0 Å². The molecule has 2 aromatic carbocycles. The second-order valence-electron chi connectivity index (χ2n) is 4.37. The Bertz CT molecular complexity index is 731. The van der Waals surface area contributed by atoms with Crippen molar-refractivity contribution in [1.82, 2.24) is 0 Å². The van der Waals surface area contributed by atoms with Gasteiger partial charge in [-0.05, 0) is 36.8 Å². The quantitative estimate of drug-likeness (QED) is 0.664. The van der Waals surface area contributed by atoms with Crippen LogP contribution in [0.15, 0.2) is 36.4 Å². The molecule has 6 nitrogen and oxygen atoms in total. The summed E-state index contributed by atoms with van der Waals surface area (Å²) >= 11 is 0. The van der Waals surface area contributed by atoms with Crippen molar-refractivity contribution in [3.8, 4) is 0 Å². The summed E-state index contributed by atoms with van der Waals surface area (Å²) < 4.78 is 13.7. The van der Waals surface area contributed by atoms with E-state index in [0.29, 0.717) is 0 Å². The van der Waals surface area contributed by atoms with Crippen LogP contribution >= 0.6 is 0 Å². The Labute approximate surface area is 119 Å². The van der Waals surface area contributed by atoms with E-state index in [1.54, 1.807) is 13.0 Å². The van der Waals surface area contributed by atoms with Gasteiger partial charge >= 0.3 is 11.7 Å². The zero-order valence-electron chi connectivity index (χ0n) is 11.0. The molecule has 2 aromatic rings. The molecule has 0 bridgehead atoms. The summed E-state index contributed by atoms with van der Waals surface area (Å²) in [5.74, 6) is -2.01. The van der Waals surface area contributed by atoms with Crippen LogP contribution < -0.4 is 5.32 Å². The number of benzene rings is 2. The van der Waals surface area contributed by atoms with Crippen LogP contribution in [-0.2, 0) is 0 Å². The first-order valence-corrected chi connectivity index (χ1v) is 5.94. The summed E-state index contributed by atoms with van der Waals surface area (Å²) in [6, 6.07) is 8.07. The lowest BCUT2D eigenvalue weighted by atomic mass is 10.1. The number of rotatable bonds is 4. The van der Waals surface area contributed by atoms with Gasteiger partial charge in [0.1, 0.15) is 17.1 Å². The fourth-order valence-corrected chi connectivity index (χ4v) is 1.89. The molecule has 2 rings (SSSR count). The van der Waals surface area contributed by atoms with E-state index in [4.69, 9.17) is 5.11 Å². The van der Waals surface area contributed by atoms with Crippen LogP contribution in [0.4, 0.5) is 21.5 Å². The fourth-order valence-electron chi connectivity index (χ4n) is 1.89. The van der Waals surface area contributed by atoms with Crippen molar-refractivity contribution in [2.24, 2.45) is 0 Å². The van der Waals surface area contributed by atoms with Crippen molar-refractivity contribution < 1.29 is 19.2 Å². The molecule has 0 atom stereocenters. The Morgan fingerprint density at radius 3 is 2.62 bits per heavy atom. The van der Waals surface area contributed by atoms with Gasteiger partial charge < -0.3 is 10.4 Å². The predicted molar refractivity (Wildman–Crippen MR) is 74.5 cm³/mol. The minimum atomic E-state index is -1.42. The average molecular weight is 290 g/mol. The Hall–Kier alpha value is -2.96. The largest absolute Gasteiger partial charge is 0.477 e. The van der Waals surface area contributed by atoms with Crippen LogP contribution in [0.1, 0.15) is 15.9 Å². The molecule has 0 aromatic heterocycles. The summed E-state index contributed by atoms with van der Waals surface area (Å²) in [6.45, 7) is 1.74.